The van der Waals surface area contributed by atoms with Crippen LogP contribution in [0.15, 0.2) is 36.5 Å². The van der Waals surface area contributed by atoms with Crippen LogP contribution in [0.3, 0.4) is 0 Å². The maximum Gasteiger partial charge on any atom is 0.224 e. The molecule has 1 amide bonds. The Morgan fingerprint density at radius 2 is 1.90 bits per heavy atom. The largest absolute Gasteiger partial charge is 0.376 e. The van der Waals surface area contributed by atoms with E-state index in [0.29, 0.717) is 31.5 Å². The van der Waals surface area contributed by atoms with E-state index in [-0.39, 0.29) is 30.6 Å². The normalized spacial score (nSPS) is 18.6. The fraction of sp³-hybridized carbons (Fsp3) is 0.381. The summed E-state index contributed by atoms with van der Waals surface area (Å²) in [5.41, 5.74) is -0.798. The highest BCUT2D eigenvalue weighted by Gasteiger charge is 2.46. The average molecular weight is 398 g/mol. The molecular formula is C21H20F2N4O2. The molecule has 2 aliphatic rings. The maximum atomic E-state index is 14.3. The highest BCUT2D eigenvalue weighted by molar-refractivity contribution is 5.80. The van der Waals surface area contributed by atoms with Crippen LogP contribution in [-0.4, -0.2) is 37.2 Å². The van der Waals surface area contributed by atoms with Gasteiger partial charge in [-0.15, -0.1) is 0 Å². The Bertz CT molecular complexity index is 926. The summed E-state index contributed by atoms with van der Waals surface area (Å²) in [6.07, 6.45) is 2.73. The van der Waals surface area contributed by atoms with Crippen molar-refractivity contribution in [1.29, 1.82) is 5.26 Å². The predicted octanol–water partition coefficient (Wildman–Crippen LogP) is 2.49. The number of ether oxygens (including phenoxy) is 1. The molecule has 8 heteroatoms. The second kappa shape index (κ2) is 7.76. The quantitative estimate of drug-likeness (QED) is 0.856. The van der Waals surface area contributed by atoms with Crippen LogP contribution in [0.4, 0.5) is 14.6 Å². The Kier molecular flexibility index (Phi) is 5.16. The molecule has 0 saturated carbocycles. The van der Waals surface area contributed by atoms with Gasteiger partial charge in [0.05, 0.1) is 24.3 Å². The van der Waals surface area contributed by atoms with Crippen molar-refractivity contribution >= 4 is 11.7 Å². The Morgan fingerprint density at radius 3 is 2.41 bits per heavy atom. The summed E-state index contributed by atoms with van der Waals surface area (Å²) >= 11 is 0. The molecule has 0 unspecified atom stereocenters. The standard InChI is InChI=1S/C21H20F2N4O2/c22-16-2-1-3-17(23)19(16)21(12-29-13-21)26-20(28)15-6-8-27(9-7-15)18-5-4-14(10-24)11-25-18/h1-5,11,15H,6-9,12-13H2,(H,26,28). The minimum absolute atomic E-state index is 0.0462. The molecule has 3 heterocycles. The number of carbonyl (C=O) groups excluding carboxylic acids is 1. The van der Waals surface area contributed by atoms with E-state index in [2.05, 4.69) is 15.2 Å². The number of hydrogen-bond acceptors (Lipinski definition) is 5. The van der Waals surface area contributed by atoms with E-state index in [9.17, 15) is 13.6 Å². The smallest absolute Gasteiger partial charge is 0.224 e. The number of amides is 1. The van der Waals surface area contributed by atoms with Crippen LogP contribution in [0.2, 0.25) is 0 Å². The van der Waals surface area contributed by atoms with Gasteiger partial charge in [-0.1, -0.05) is 6.07 Å². The number of anilines is 1. The molecule has 0 bridgehead atoms. The Hall–Kier alpha value is -3.05. The maximum absolute atomic E-state index is 14.3. The Labute approximate surface area is 167 Å². The van der Waals surface area contributed by atoms with Crippen LogP contribution in [0.1, 0.15) is 24.0 Å². The topological polar surface area (TPSA) is 78.2 Å². The zero-order valence-electron chi connectivity index (χ0n) is 15.7. The number of halogens is 2. The summed E-state index contributed by atoms with van der Waals surface area (Å²) in [5, 5.41) is 11.7. The number of carbonyl (C=O) groups is 1. The minimum atomic E-state index is -1.15. The fourth-order valence-corrected chi connectivity index (χ4v) is 3.89. The summed E-state index contributed by atoms with van der Waals surface area (Å²) < 4.78 is 33.7. The van der Waals surface area contributed by atoms with E-state index in [4.69, 9.17) is 10.00 Å². The van der Waals surface area contributed by atoms with Crippen LogP contribution in [-0.2, 0) is 15.1 Å². The number of benzene rings is 1. The molecule has 0 atom stereocenters. The number of piperidine rings is 1. The van der Waals surface area contributed by atoms with Gasteiger partial charge in [0.2, 0.25) is 5.91 Å². The van der Waals surface area contributed by atoms with E-state index < -0.39 is 17.2 Å². The second-order valence-corrected chi connectivity index (χ2v) is 7.44. The van der Waals surface area contributed by atoms with Crippen molar-refractivity contribution in [3.8, 4) is 6.07 Å². The molecule has 1 N–H and O–H groups in total. The van der Waals surface area contributed by atoms with Crippen molar-refractivity contribution in [1.82, 2.24) is 10.3 Å². The molecular weight excluding hydrogens is 378 g/mol. The van der Waals surface area contributed by atoms with Crippen LogP contribution in [0.25, 0.3) is 0 Å². The highest BCUT2D eigenvalue weighted by atomic mass is 19.1. The van der Waals surface area contributed by atoms with Crippen molar-refractivity contribution in [3.05, 3.63) is 59.3 Å². The average Bonchev–Trinajstić information content (AvgIpc) is 2.71. The first-order valence-electron chi connectivity index (χ1n) is 9.48. The first-order valence-corrected chi connectivity index (χ1v) is 9.48. The zero-order valence-corrected chi connectivity index (χ0v) is 15.7. The van der Waals surface area contributed by atoms with Crippen LogP contribution in [0.5, 0.6) is 0 Å². The SMILES string of the molecule is N#Cc1ccc(N2CCC(C(=O)NC3(c4c(F)cccc4F)COC3)CC2)nc1. The third kappa shape index (κ3) is 3.66. The summed E-state index contributed by atoms with van der Waals surface area (Å²) in [6.45, 7) is 1.36. The van der Waals surface area contributed by atoms with E-state index in [0.717, 1.165) is 5.82 Å². The Morgan fingerprint density at radius 1 is 1.21 bits per heavy atom. The molecule has 29 heavy (non-hydrogen) atoms. The van der Waals surface area contributed by atoms with Gasteiger partial charge in [-0.2, -0.15) is 5.26 Å². The van der Waals surface area contributed by atoms with Crippen molar-refractivity contribution in [3.63, 3.8) is 0 Å². The summed E-state index contributed by atoms with van der Waals surface area (Å²) in [6, 6.07) is 9.22. The van der Waals surface area contributed by atoms with Gasteiger partial charge in [-0.05, 0) is 37.1 Å². The van der Waals surface area contributed by atoms with Crippen molar-refractivity contribution < 1.29 is 18.3 Å². The van der Waals surface area contributed by atoms with Gasteiger partial charge < -0.3 is 15.0 Å². The molecule has 1 aromatic carbocycles. The number of nitrogens with zero attached hydrogens (tertiary/aromatic N) is 3. The van der Waals surface area contributed by atoms with Gasteiger partial charge in [0.25, 0.3) is 0 Å². The first-order chi connectivity index (χ1) is 14.0. The van der Waals surface area contributed by atoms with Crippen molar-refractivity contribution in [2.24, 2.45) is 5.92 Å². The van der Waals surface area contributed by atoms with E-state index in [1.165, 1.54) is 24.4 Å². The molecule has 2 saturated heterocycles. The van der Waals surface area contributed by atoms with E-state index in [1.807, 2.05) is 6.07 Å². The molecule has 2 aromatic rings. The predicted molar refractivity (Wildman–Crippen MR) is 101 cm³/mol. The molecule has 2 aliphatic heterocycles. The lowest BCUT2D eigenvalue weighted by Gasteiger charge is -2.44. The van der Waals surface area contributed by atoms with E-state index >= 15 is 0 Å². The number of rotatable bonds is 4. The number of nitrogens with one attached hydrogen (secondary N) is 1. The number of nitriles is 1. The van der Waals surface area contributed by atoms with Gasteiger partial charge in [0, 0.05) is 25.2 Å². The number of aromatic nitrogens is 1. The first kappa shape index (κ1) is 19.3. The molecule has 1 aromatic heterocycles. The van der Waals surface area contributed by atoms with Crippen LogP contribution >= 0.6 is 0 Å². The lowest BCUT2D eigenvalue weighted by atomic mass is 9.85. The number of pyridine rings is 1. The van der Waals surface area contributed by atoms with Gasteiger partial charge in [-0.3, -0.25) is 4.79 Å². The summed E-state index contributed by atoms with van der Waals surface area (Å²) in [4.78, 5) is 19.2. The molecule has 0 radical (unpaired) electrons. The van der Waals surface area contributed by atoms with Gasteiger partial charge in [0.15, 0.2) is 0 Å². The summed E-state index contributed by atoms with van der Waals surface area (Å²) in [7, 11) is 0. The van der Waals surface area contributed by atoms with E-state index in [1.54, 1.807) is 12.1 Å². The van der Waals surface area contributed by atoms with Gasteiger partial charge in [-0.25, -0.2) is 13.8 Å². The van der Waals surface area contributed by atoms with Crippen LogP contribution in [0, 0.1) is 28.9 Å². The third-order valence-corrected chi connectivity index (χ3v) is 5.57. The summed E-state index contributed by atoms with van der Waals surface area (Å²) in [5.74, 6) is -1.08. The molecule has 150 valence electrons. The van der Waals surface area contributed by atoms with Gasteiger partial charge in [0.1, 0.15) is 29.1 Å². The minimum Gasteiger partial charge on any atom is -0.376 e. The highest BCUT2D eigenvalue weighted by Crippen LogP contribution is 2.34. The molecule has 0 spiro atoms. The lowest BCUT2D eigenvalue weighted by Crippen LogP contribution is -2.61. The zero-order chi connectivity index (χ0) is 20.4. The molecule has 0 aliphatic carbocycles. The lowest BCUT2D eigenvalue weighted by molar-refractivity contribution is -0.138. The molecule has 6 nitrogen and oxygen atoms in total. The van der Waals surface area contributed by atoms with Crippen LogP contribution < -0.4 is 10.2 Å². The van der Waals surface area contributed by atoms with Crippen molar-refractivity contribution in [2.45, 2.75) is 18.4 Å². The molecule has 4 rings (SSSR count). The van der Waals surface area contributed by atoms with Crippen molar-refractivity contribution in [2.75, 3.05) is 31.2 Å². The van der Waals surface area contributed by atoms with Gasteiger partial charge >= 0.3 is 0 Å². The third-order valence-electron chi connectivity index (χ3n) is 5.57. The Balaban J connectivity index is 1.41. The number of hydrogen-bond donors (Lipinski definition) is 1. The fourth-order valence-electron chi connectivity index (χ4n) is 3.89. The molecule has 2 fully saturated rings. The monoisotopic (exact) mass is 398 g/mol. The second-order valence-electron chi connectivity index (χ2n) is 7.44.